The number of hydrogen-bond acceptors (Lipinski definition) is 4. The van der Waals surface area contributed by atoms with Crippen molar-refractivity contribution in [3.05, 3.63) is 59.7 Å². The summed E-state index contributed by atoms with van der Waals surface area (Å²) in [5.41, 5.74) is 4.51. The van der Waals surface area contributed by atoms with Gasteiger partial charge in [0.15, 0.2) is 0 Å². The van der Waals surface area contributed by atoms with Crippen LogP contribution in [0, 0.1) is 5.92 Å². The zero-order chi connectivity index (χ0) is 21.1. The summed E-state index contributed by atoms with van der Waals surface area (Å²) in [7, 11) is 0. The summed E-state index contributed by atoms with van der Waals surface area (Å²) in [6.45, 7) is 0.155. The van der Waals surface area contributed by atoms with E-state index in [1.165, 1.54) is 0 Å². The van der Waals surface area contributed by atoms with Crippen LogP contribution in [-0.4, -0.2) is 41.0 Å². The monoisotopic (exact) mass is 409 g/mol. The van der Waals surface area contributed by atoms with E-state index in [4.69, 9.17) is 4.74 Å². The average Bonchev–Trinajstić information content (AvgIpc) is 3.07. The van der Waals surface area contributed by atoms with Gasteiger partial charge in [-0.2, -0.15) is 0 Å². The fourth-order valence-corrected chi connectivity index (χ4v) is 4.72. The number of aliphatic hydroxyl groups is 1. The van der Waals surface area contributed by atoms with Crippen molar-refractivity contribution in [2.24, 2.45) is 5.92 Å². The second-order valence-electron chi connectivity index (χ2n) is 8.27. The first-order chi connectivity index (χ1) is 14.5. The number of benzene rings is 2. The number of ether oxygens (including phenoxy) is 1. The molecule has 1 saturated carbocycles. The number of carboxylic acid groups (broad SMARTS) is 1. The molecule has 1 amide bonds. The van der Waals surface area contributed by atoms with Gasteiger partial charge in [0.2, 0.25) is 0 Å². The molecule has 3 N–H and O–H groups in total. The zero-order valence-corrected chi connectivity index (χ0v) is 16.8. The van der Waals surface area contributed by atoms with Gasteiger partial charge >= 0.3 is 12.1 Å². The van der Waals surface area contributed by atoms with E-state index in [1.807, 2.05) is 36.4 Å². The highest BCUT2D eigenvalue weighted by Gasteiger charge is 2.31. The maximum absolute atomic E-state index is 12.4. The molecule has 0 unspecified atom stereocenters. The summed E-state index contributed by atoms with van der Waals surface area (Å²) >= 11 is 0. The van der Waals surface area contributed by atoms with Gasteiger partial charge in [-0.1, -0.05) is 48.5 Å². The van der Waals surface area contributed by atoms with Gasteiger partial charge in [0.05, 0.1) is 6.10 Å². The summed E-state index contributed by atoms with van der Waals surface area (Å²) in [4.78, 5) is 24.0. The molecule has 0 aliphatic heterocycles. The molecule has 2 aliphatic rings. The van der Waals surface area contributed by atoms with E-state index < -0.39 is 18.1 Å². The van der Waals surface area contributed by atoms with Crippen LogP contribution in [0.5, 0.6) is 0 Å². The van der Waals surface area contributed by atoms with Gasteiger partial charge in [-0.3, -0.25) is 0 Å². The summed E-state index contributed by atoms with van der Waals surface area (Å²) in [5, 5.41) is 21.7. The Balaban J connectivity index is 1.37. The summed E-state index contributed by atoms with van der Waals surface area (Å²) in [6.07, 6.45) is 2.27. The van der Waals surface area contributed by atoms with Crippen molar-refractivity contribution in [1.82, 2.24) is 5.32 Å². The highest BCUT2D eigenvalue weighted by atomic mass is 16.5. The number of alkyl carbamates (subject to hydrolysis) is 1. The largest absolute Gasteiger partial charge is 0.480 e. The molecule has 0 aromatic heterocycles. The van der Waals surface area contributed by atoms with Crippen LogP contribution in [-0.2, 0) is 9.53 Å². The van der Waals surface area contributed by atoms with Gasteiger partial charge in [0.1, 0.15) is 12.6 Å². The Morgan fingerprint density at radius 3 is 2.10 bits per heavy atom. The number of aliphatic carboxylic acids is 1. The van der Waals surface area contributed by atoms with Crippen molar-refractivity contribution < 1.29 is 24.5 Å². The van der Waals surface area contributed by atoms with Crippen LogP contribution in [0.25, 0.3) is 11.1 Å². The molecule has 6 heteroatoms. The van der Waals surface area contributed by atoms with Gasteiger partial charge in [0.25, 0.3) is 0 Å². The van der Waals surface area contributed by atoms with Crippen molar-refractivity contribution in [2.75, 3.05) is 6.61 Å². The number of aliphatic hydroxyl groups excluding tert-OH is 1. The lowest BCUT2D eigenvalue weighted by molar-refractivity contribution is -0.140. The van der Waals surface area contributed by atoms with Gasteiger partial charge in [-0.25, -0.2) is 9.59 Å². The molecule has 0 bridgehead atoms. The molecule has 2 aliphatic carbocycles. The molecule has 2 aromatic rings. The Morgan fingerprint density at radius 1 is 0.967 bits per heavy atom. The van der Waals surface area contributed by atoms with Gasteiger partial charge in [-0.15, -0.1) is 0 Å². The minimum absolute atomic E-state index is 0.0636. The first kappa shape index (κ1) is 20.4. The number of rotatable bonds is 6. The fourth-order valence-electron chi connectivity index (χ4n) is 4.72. The molecule has 0 saturated heterocycles. The van der Waals surface area contributed by atoms with Crippen LogP contribution in [0.4, 0.5) is 4.79 Å². The van der Waals surface area contributed by atoms with Crippen molar-refractivity contribution in [2.45, 2.75) is 50.2 Å². The Bertz CT molecular complexity index is 874. The Labute approximate surface area is 175 Å². The second kappa shape index (κ2) is 8.88. The minimum atomic E-state index is -1.06. The van der Waals surface area contributed by atoms with E-state index >= 15 is 0 Å². The second-order valence-corrected chi connectivity index (χ2v) is 8.27. The molecule has 158 valence electrons. The molecule has 0 radical (unpaired) electrons. The molecule has 4 rings (SSSR count). The Hall–Kier alpha value is -2.86. The first-order valence-corrected chi connectivity index (χ1v) is 10.5. The van der Waals surface area contributed by atoms with E-state index in [9.17, 15) is 19.8 Å². The van der Waals surface area contributed by atoms with Crippen LogP contribution in [0.15, 0.2) is 48.5 Å². The SMILES string of the molecule is O=C(N[C@@H](C[C@H]1CC[C@H](O)CC1)C(=O)O)OCC1c2ccccc2-c2ccccc21. The van der Waals surface area contributed by atoms with E-state index in [0.29, 0.717) is 19.3 Å². The highest BCUT2D eigenvalue weighted by Crippen LogP contribution is 2.44. The first-order valence-electron chi connectivity index (χ1n) is 10.5. The number of fused-ring (bicyclic) bond motifs is 3. The lowest BCUT2D eigenvalue weighted by Crippen LogP contribution is -2.43. The quantitative estimate of drug-likeness (QED) is 0.672. The average molecular weight is 409 g/mol. The number of hydrogen-bond donors (Lipinski definition) is 3. The zero-order valence-electron chi connectivity index (χ0n) is 16.8. The van der Waals surface area contributed by atoms with Crippen LogP contribution in [0.3, 0.4) is 0 Å². The molecule has 2 aromatic carbocycles. The van der Waals surface area contributed by atoms with E-state index in [1.54, 1.807) is 0 Å². The van der Waals surface area contributed by atoms with Gasteiger partial charge in [0, 0.05) is 5.92 Å². The number of amides is 1. The summed E-state index contributed by atoms with van der Waals surface area (Å²) in [5.74, 6) is -0.940. The highest BCUT2D eigenvalue weighted by molar-refractivity contribution is 5.81. The smallest absolute Gasteiger partial charge is 0.407 e. The van der Waals surface area contributed by atoms with Crippen LogP contribution >= 0.6 is 0 Å². The van der Waals surface area contributed by atoms with Gasteiger partial charge in [-0.05, 0) is 60.3 Å². The molecular weight excluding hydrogens is 382 g/mol. The molecule has 1 fully saturated rings. The normalized spacial score (nSPS) is 21.4. The molecule has 30 heavy (non-hydrogen) atoms. The maximum Gasteiger partial charge on any atom is 0.407 e. The number of nitrogens with one attached hydrogen (secondary N) is 1. The fraction of sp³-hybridized carbons (Fsp3) is 0.417. The third-order valence-corrected chi connectivity index (χ3v) is 6.32. The lowest BCUT2D eigenvalue weighted by atomic mass is 9.83. The minimum Gasteiger partial charge on any atom is -0.480 e. The molecule has 0 spiro atoms. The van der Waals surface area contributed by atoms with Crippen molar-refractivity contribution >= 4 is 12.1 Å². The lowest BCUT2D eigenvalue weighted by Gasteiger charge is -2.27. The Kier molecular flexibility index (Phi) is 6.04. The summed E-state index contributed by atoms with van der Waals surface area (Å²) in [6, 6.07) is 15.2. The van der Waals surface area contributed by atoms with Crippen LogP contribution in [0.2, 0.25) is 0 Å². The van der Waals surface area contributed by atoms with E-state index in [-0.39, 0.29) is 24.5 Å². The number of carboxylic acids is 1. The predicted molar refractivity (Wildman–Crippen MR) is 112 cm³/mol. The van der Waals surface area contributed by atoms with Crippen molar-refractivity contribution in [3.8, 4) is 11.1 Å². The van der Waals surface area contributed by atoms with E-state index in [0.717, 1.165) is 35.1 Å². The Morgan fingerprint density at radius 2 is 1.53 bits per heavy atom. The number of carbonyl (C=O) groups is 2. The maximum atomic E-state index is 12.4. The predicted octanol–water partition coefficient (Wildman–Crippen LogP) is 3.92. The van der Waals surface area contributed by atoms with Crippen LogP contribution < -0.4 is 5.32 Å². The van der Waals surface area contributed by atoms with Crippen molar-refractivity contribution in [3.63, 3.8) is 0 Å². The third kappa shape index (κ3) is 4.33. The standard InChI is InChI=1S/C24H27NO5/c26-16-11-9-15(10-12-16)13-22(23(27)28)25-24(29)30-14-21-19-7-3-1-5-17(19)18-6-2-4-8-20(18)21/h1-8,15-16,21-22,26H,9-14H2,(H,25,29)(H,27,28)/t15-,16-,22-/m0/s1. The molecule has 1 atom stereocenters. The van der Waals surface area contributed by atoms with Gasteiger partial charge < -0.3 is 20.3 Å². The topological polar surface area (TPSA) is 95.9 Å². The van der Waals surface area contributed by atoms with Crippen LogP contribution in [0.1, 0.15) is 49.1 Å². The number of carbonyl (C=O) groups excluding carboxylic acids is 1. The van der Waals surface area contributed by atoms with E-state index in [2.05, 4.69) is 17.4 Å². The third-order valence-electron chi connectivity index (χ3n) is 6.32. The van der Waals surface area contributed by atoms with Crippen molar-refractivity contribution in [1.29, 1.82) is 0 Å². The molecular formula is C24H27NO5. The molecule has 6 nitrogen and oxygen atoms in total. The molecule has 0 heterocycles. The summed E-state index contributed by atoms with van der Waals surface area (Å²) < 4.78 is 5.47.